The second-order valence-electron chi connectivity index (χ2n) is 7.35. The van der Waals surface area contributed by atoms with Crippen molar-refractivity contribution in [3.8, 4) is 28.9 Å². The number of aromatic hydroxyl groups is 1. The van der Waals surface area contributed by atoms with Crippen LogP contribution in [0.2, 0.25) is 0 Å². The number of methoxy groups -OCH3 is 2. The van der Waals surface area contributed by atoms with Gasteiger partial charge in [-0.1, -0.05) is 0 Å². The number of fused-ring (bicyclic) bond motifs is 4. The summed E-state index contributed by atoms with van der Waals surface area (Å²) in [5.41, 5.74) is 1.82. The van der Waals surface area contributed by atoms with Gasteiger partial charge in [0.25, 0.3) is 0 Å². The number of benzene rings is 2. The zero-order chi connectivity index (χ0) is 26.9. The van der Waals surface area contributed by atoms with Gasteiger partial charge in [-0.05, 0) is 25.1 Å². The molecule has 0 spiro atoms. The van der Waals surface area contributed by atoms with Crippen LogP contribution in [-0.2, 0) is 4.79 Å². The van der Waals surface area contributed by atoms with Crippen LogP contribution >= 0.6 is 0 Å². The lowest BCUT2D eigenvalue weighted by Gasteiger charge is -2.12. The average Bonchev–Trinajstić information content (AvgIpc) is 3.32. The minimum atomic E-state index is -5.08. The average molecular weight is 521 g/mol. The Balaban J connectivity index is 0.000000405. The minimum absolute atomic E-state index is 0.0880. The Morgan fingerprint density at radius 1 is 1.05 bits per heavy atom. The van der Waals surface area contributed by atoms with Gasteiger partial charge in [0.1, 0.15) is 22.4 Å². The second kappa shape index (κ2) is 9.67. The summed E-state index contributed by atoms with van der Waals surface area (Å²) < 4.78 is 53.3. The molecule has 2 aromatic heterocycles. The molecule has 1 aliphatic rings. The molecule has 2 aromatic carbocycles. The van der Waals surface area contributed by atoms with Gasteiger partial charge in [-0.3, -0.25) is 5.32 Å². The summed E-state index contributed by atoms with van der Waals surface area (Å²) in [4.78, 5) is 26.5. The molecule has 3 N–H and O–H groups in total. The van der Waals surface area contributed by atoms with E-state index in [1.807, 2.05) is 13.0 Å². The number of nitrogens with zero attached hydrogens (tertiary/aromatic N) is 4. The lowest BCUT2D eigenvalue weighted by atomic mass is 10.1. The fraction of sp³-hybridized carbons (Fsp3) is 0.227. The van der Waals surface area contributed by atoms with Gasteiger partial charge in [-0.15, -0.1) is 0 Å². The minimum Gasteiger partial charge on any atom is -0.497 e. The van der Waals surface area contributed by atoms with E-state index in [2.05, 4.69) is 25.3 Å². The fourth-order valence-corrected chi connectivity index (χ4v) is 3.38. The van der Waals surface area contributed by atoms with E-state index in [0.717, 1.165) is 5.39 Å². The number of carboxylic acid groups (broad SMARTS) is 1. The van der Waals surface area contributed by atoms with Crippen molar-refractivity contribution in [3.63, 3.8) is 0 Å². The maximum atomic E-state index is 10.6. The zero-order valence-electron chi connectivity index (χ0n) is 19.4. The number of halogens is 3. The molecule has 3 heterocycles. The number of aromatic nitrogens is 4. The van der Waals surface area contributed by atoms with Crippen LogP contribution in [0.1, 0.15) is 5.69 Å². The molecule has 0 atom stereocenters. The molecule has 0 amide bonds. The summed E-state index contributed by atoms with van der Waals surface area (Å²) in [6.45, 7) is 1.94. The number of carboxylic acids is 1. The highest BCUT2D eigenvalue weighted by atomic mass is 19.4. The van der Waals surface area contributed by atoms with Crippen molar-refractivity contribution in [1.82, 2.24) is 19.9 Å². The van der Waals surface area contributed by atoms with Gasteiger partial charge < -0.3 is 29.2 Å². The first kappa shape index (κ1) is 25.3. The largest absolute Gasteiger partial charge is 0.497 e. The third kappa shape index (κ3) is 5.10. The first-order chi connectivity index (χ1) is 17.5. The molecule has 4 aromatic rings. The smallest absolute Gasteiger partial charge is 0.490 e. The molecule has 0 fully saturated rings. The fourth-order valence-electron chi connectivity index (χ4n) is 3.38. The summed E-state index contributed by atoms with van der Waals surface area (Å²) in [5.74, 6) is -0.419. The first-order valence-electron chi connectivity index (χ1n) is 10.3. The van der Waals surface area contributed by atoms with E-state index in [1.54, 1.807) is 32.4 Å². The molecule has 0 saturated heterocycles. The molecule has 12 nitrogen and oxygen atoms in total. The standard InChI is InChI=1S/C20H17N5O5.C2HF3O2/c1-9-11-6-10(27-2)7-14(28-3)16(11)23-19(21-9)25-20-22-12-4-5-13-17(30-8-29-13)15(12)18(26)24-20;3-2(4,5)1(6)7/h4-7H,8H2,1-3H3,(H2,21,22,23,24,25,26);(H,6,7). The summed E-state index contributed by atoms with van der Waals surface area (Å²) in [7, 11) is 3.15. The Morgan fingerprint density at radius 2 is 1.76 bits per heavy atom. The van der Waals surface area contributed by atoms with Crippen LogP contribution in [0, 0.1) is 6.92 Å². The molecule has 1 aliphatic heterocycles. The van der Waals surface area contributed by atoms with Crippen molar-refractivity contribution in [2.24, 2.45) is 0 Å². The van der Waals surface area contributed by atoms with E-state index in [9.17, 15) is 18.3 Å². The Labute approximate surface area is 205 Å². The van der Waals surface area contributed by atoms with Gasteiger partial charge in [0.15, 0.2) is 11.5 Å². The first-order valence-corrected chi connectivity index (χ1v) is 10.3. The van der Waals surface area contributed by atoms with E-state index in [1.165, 1.54) is 0 Å². The van der Waals surface area contributed by atoms with Crippen molar-refractivity contribution in [3.05, 3.63) is 30.0 Å². The van der Waals surface area contributed by atoms with Crippen molar-refractivity contribution in [2.75, 3.05) is 26.3 Å². The number of carbonyl (C=O) groups is 1. The molecule has 0 saturated carbocycles. The Bertz CT molecular complexity index is 1510. The predicted octanol–water partition coefficient (Wildman–Crippen LogP) is 3.71. The molecule has 0 radical (unpaired) electrons. The number of hydrogen-bond donors (Lipinski definition) is 3. The van der Waals surface area contributed by atoms with Crippen LogP contribution < -0.4 is 24.3 Å². The SMILES string of the molecule is COc1cc(OC)c2nc(Nc3nc(O)c4c5c(ccc4n3)OCO5)nc(C)c2c1.O=C(O)C(F)(F)F. The van der Waals surface area contributed by atoms with E-state index in [0.29, 0.717) is 45.1 Å². The molecule has 0 bridgehead atoms. The van der Waals surface area contributed by atoms with Crippen LogP contribution in [0.3, 0.4) is 0 Å². The highest BCUT2D eigenvalue weighted by Gasteiger charge is 2.38. The molecule has 0 unspecified atom stereocenters. The quantitative estimate of drug-likeness (QED) is 0.358. The highest BCUT2D eigenvalue weighted by molar-refractivity contribution is 5.93. The maximum absolute atomic E-state index is 10.6. The van der Waals surface area contributed by atoms with Gasteiger partial charge in [-0.2, -0.15) is 18.2 Å². The summed E-state index contributed by atoms with van der Waals surface area (Å²) in [5, 5.41) is 21.7. The number of ether oxygens (including phenoxy) is 4. The van der Waals surface area contributed by atoms with E-state index >= 15 is 0 Å². The Kier molecular flexibility index (Phi) is 6.61. The van der Waals surface area contributed by atoms with E-state index in [4.69, 9.17) is 28.8 Å². The van der Waals surface area contributed by atoms with Crippen LogP contribution in [0.4, 0.5) is 25.1 Å². The normalized spacial score (nSPS) is 12.2. The van der Waals surface area contributed by atoms with Gasteiger partial charge >= 0.3 is 12.1 Å². The van der Waals surface area contributed by atoms with Crippen LogP contribution in [0.5, 0.6) is 28.9 Å². The van der Waals surface area contributed by atoms with Crippen molar-refractivity contribution >= 4 is 39.7 Å². The summed E-state index contributed by atoms with van der Waals surface area (Å²) in [6, 6.07) is 7.05. The number of anilines is 2. The Morgan fingerprint density at radius 3 is 2.41 bits per heavy atom. The predicted molar refractivity (Wildman–Crippen MR) is 122 cm³/mol. The van der Waals surface area contributed by atoms with Crippen molar-refractivity contribution in [1.29, 1.82) is 0 Å². The summed E-state index contributed by atoms with van der Waals surface area (Å²) >= 11 is 0. The number of nitrogens with one attached hydrogen (secondary N) is 1. The van der Waals surface area contributed by atoms with Gasteiger partial charge in [0, 0.05) is 11.5 Å². The molecular formula is C22H18F3N5O7. The number of alkyl halides is 3. The van der Waals surface area contributed by atoms with Crippen LogP contribution in [0.25, 0.3) is 21.8 Å². The topological polar surface area (TPSA) is 158 Å². The maximum Gasteiger partial charge on any atom is 0.490 e. The van der Waals surface area contributed by atoms with Crippen LogP contribution in [0.15, 0.2) is 24.3 Å². The molecule has 0 aliphatic carbocycles. The third-order valence-electron chi connectivity index (χ3n) is 5.03. The number of aryl methyl sites for hydroxylation is 1. The monoisotopic (exact) mass is 521 g/mol. The molecule has 15 heteroatoms. The number of rotatable bonds is 4. The van der Waals surface area contributed by atoms with Crippen LogP contribution in [-0.4, -0.2) is 63.3 Å². The van der Waals surface area contributed by atoms with Gasteiger partial charge in [-0.25, -0.2) is 19.7 Å². The molecular weight excluding hydrogens is 503 g/mol. The van der Waals surface area contributed by atoms with E-state index in [-0.39, 0.29) is 24.6 Å². The van der Waals surface area contributed by atoms with Gasteiger partial charge in [0.2, 0.25) is 24.6 Å². The Hall–Kier alpha value is -4.82. The molecule has 194 valence electrons. The zero-order valence-corrected chi connectivity index (χ0v) is 19.4. The lowest BCUT2D eigenvalue weighted by Crippen LogP contribution is -2.21. The highest BCUT2D eigenvalue weighted by Crippen LogP contribution is 2.42. The lowest BCUT2D eigenvalue weighted by molar-refractivity contribution is -0.192. The number of hydrogen-bond acceptors (Lipinski definition) is 11. The molecule has 37 heavy (non-hydrogen) atoms. The van der Waals surface area contributed by atoms with Gasteiger partial charge in [0.05, 0.1) is 25.4 Å². The third-order valence-corrected chi connectivity index (χ3v) is 5.03. The summed E-state index contributed by atoms with van der Waals surface area (Å²) in [6.07, 6.45) is -5.08. The second-order valence-corrected chi connectivity index (χ2v) is 7.35. The number of aliphatic carboxylic acids is 1. The van der Waals surface area contributed by atoms with E-state index < -0.39 is 12.1 Å². The van der Waals surface area contributed by atoms with Crippen molar-refractivity contribution in [2.45, 2.75) is 13.1 Å². The van der Waals surface area contributed by atoms with Crippen molar-refractivity contribution < 1.29 is 47.1 Å². The molecule has 5 rings (SSSR count).